The first kappa shape index (κ1) is 12.1. The lowest BCUT2D eigenvalue weighted by Crippen LogP contribution is -2.18. The summed E-state index contributed by atoms with van der Waals surface area (Å²) >= 11 is 5.07. The van der Waals surface area contributed by atoms with Crippen molar-refractivity contribution in [2.45, 2.75) is 24.3 Å². The quantitative estimate of drug-likeness (QED) is 0.485. The number of aromatic amines is 1. The van der Waals surface area contributed by atoms with Crippen LogP contribution < -0.4 is 0 Å². The number of aromatic nitrogens is 2. The second kappa shape index (κ2) is 3.52. The van der Waals surface area contributed by atoms with E-state index in [0.717, 1.165) is 5.69 Å². The third-order valence-electron chi connectivity index (χ3n) is 4.38. The van der Waals surface area contributed by atoms with Gasteiger partial charge < -0.3 is 9.55 Å². The second-order valence-corrected chi connectivity index (χ2v) is 5.75. The number of halogens is 4. The molecule has 1 aromatic carbocycles. The largest absolute Gasteiger partial charge is 0.337 e. The van der Waals surface area contributed by atoms with Crippen LogP contribution in [0.1, 0.15) is 23.6 Å². The molecule has 1 N–H and O–H groups in total. The smallest absolute Gasteiger partial charge is 0.177 e. The molecule has 1 saturated carbocycles. The molecule has 1 aliphatic carbocycles. The van der Waals surface area contributed by atoms with Crippen molar-refractivity contribution in [1.82, 2.24) is 9.55 Å². The average molecular weight is 300 g/mol. The number of nitrogens with one attached hydrogen (secondary N) is 1. The lowest BCUT2D eigenvalue weighted by atomic mass is 9.92. The Morgan fingerprint density at radius 3 is 2.45 bits per heavy atom. The van der Waals surface area contributed by atoms with E-state index in [1.807, 2.05) is 0 Å². The first-order valence-electron chi connectivity index (χ1n) is 6.07. The van der Waals surface area contributed by atoms with Crippen LogP contribution in [0.4, 0.5) is 17.6 Å². The summed E-state index contributed by atoms with van der Waals surface area (Å²) in [4.78, 5) is 2.86. The van der Waals surface area contributed by atoms with Gasteiger partial charge in [-0.3, -0.25) is 0 Å². The molecule has 1 fully saturated rings. The second-order valence-electron chi connectivity index (χ2n) is 5.36. The highest BCUT2D eigenvalue weighted by atomic mass is 32.1. The minimum absolute atomic E-state index is 0.152. The summed E-state index contributed by atoms with van der Waals surface area (Å²) in [6, 6.07) is 0.240. The fourth-order valence-electron chi connectivity index (χ4n) is 3.38. The van der Waals surface area contributed by atoms with E-state index in [1.54, 1.807) is 10.8 Å². The zero-order valence-corrected chi connectivity index (χ0v) is 10.8. The Morgan fingerprint density at radius 2 is 1.85 bits per heavy atom. The highest BCUT2D eigenvalue weighted by Gasteiger charge is 2.64. The first-order valence-corrected chi connectivity index (χ1v) is 6.48. The van der Waals surface area contributed by atoms with Crippen LogP contribution >= 0.6 is 12.2 Å². The molecule has 0 amide bonds. The molecular formula is C13H8F4N2S. The van der Waals surface area contributed by atoms with Crippen molar-refractivity contribution < 1.29 is 17.6 Å². The number of benzene rings is 1. The molecule has 1 aliphatic heterocycles. The summed E-state index contributed by atoms with van der Waals surface area (Å²) in [5, 5.41) is 0. The van der Waals surface area contributed by atoms with Gasteiger partial charge in [0.2, 0.25) is 0 Å². The Kier molecular flexibility index (Phi) is 2.14. The maximum atomic E-state index is 14.0. The number of H-pyrrole nitrogens is 1. The van der Waals surface area contributed by atoms with Gasteiger partial charge in [0.25, 0.3) is 0 Å². The number of hydrogen-bond acceptors (Lipinski definition) is 1. The number of nitrogens with zero attached hydrogens (tertiary/aromatic N) is 1. The van der Waals surface area contributed by atoms with E-state index in [1.165, 1.54) is 0 Å². The monoisotopic (exact) mass is 300 g/mol. The standard InChI is InChI=1S/C13H8F4N2S/c14-6-1-7(15)11(17)9(10(6)16)13-2-5(13)8-3-18-12(20)19(8)4-13/h1,3,5H,2,4H2,(H,18,20)/t5?,13-/m0/s1. The Bertz CT molecular complexity index is 783. The number of imidazole rings is 1. The molecule has 1 aromatic heterocycles. The molecule has 0 bridgehead atoms. The molecule has 20 heavy (non-hydrogen) atoms. The molecule has 2 nitrogen and oxygen atoms in total. The summed E-state index contributed by atoms with van der Waals surface area (Å²) < 4.78 is 56.9. The van der Waals surface area contributed by atoms with Gasteiger partial charge in [0.05, 0.1) is 0 Å². The third-order valence-corrected chi connectivity index (χ3v) is 4.72. The Balaban J connectivity index is 1.92. The van der Waals surface area contributed by atoms with E-state index in [4.69, 9.17) is 12.2 Å². The third kappa shape index (κ3) is 1.26. The van der Waals surface area contributed by atoms with Gasteiger partial charge in [0.15, 0.2) is 28.0 Å². The molecule has 7 heteroatoms. The zero-order valence-electron chi connectivity index (χ0n) is 10.0. The van der Waals surface area contributed by atoms with Crippen molar-refractivity contribution in [2.24, 2.45) is 0 Å². The van der Waals surface area contributed by atoms with Crippen molar-refractivity contribution in [3.8, 4) is 0 Å². The van der Waals surface area contributed by atoms with Gasteiger partial charge in [-0.2, -0.15) is 0 Å². The van der Waals surface area contributed by atoms with Gasteiger partial charge in [0.1, 0.15) is 0 Å². The molecule has 2 aliphatic rings. The maximum absolute atomic E-state index is 14.0. The molecule has 2 aromatic rings. The Labute approximate surface area is 116 Å². The number of fused-ring (bicyclic) bond motifs is 3. The first-order chi connectivity index (χ1) is 9.45. The number of rotatable bonds is 1. The van der Waals surface area contributed by atoms with Crippen LogP contribution in [0.25, 0.3) is 0 Å². The Morgan fingerprint density at radius 1 is 1.20 bits per heavy atom. The van der Waals surface area contributed by atoms with Gasteiger partial charge in [-0.05, 0) is 18.6 Å². The molecule has 2 heterocycles. The summed E-state index contributed by atoms with van der Waals surface area (Å²) in [5.74, 6) is -5.47. The van der Waals surface area contributed by atoms with Crippen molar-refractivity contribution in [1.29, 1.82) is 0 Å². The van der Waals surface area contributed by atoms with Crippen LogP contribution in [0.3, 0.4) is 0 Å². The Hall–Kier alpha value is -1.63. The minimum Gasteiger partial charge on any atom is -0.337 e. The van der Waals surface area contributed by atoms with Gasteiger partial charge in [0, 0.05) is 41.4 Å². The average Bonchev–Trinajstić information content (AvgIpc) is 2.85. The van der Waals surface area contributed by atoms with Gasteiger partial charge in [-0.1, -0.05) is 0 Å². The van der Waals surface area contributed by atoms with E-state index in [2.05, 4.69) is 4.98 Å². The lowest BCUT2D eigenvalue weighted by molar-refractivity contribution is 0.412. The van der Waals surface area contributed by atoms with Gasteiger partial charge >= 0.3 is 0 Å². The van der Waals surface area contributed by atoms with Gasteiger partial charge in [-0.15, -0.1) is 0 Å². The molecule has 1 unspecified atom stereocenters. The summed E-state index contributed by atoms with van der Waals surface area (Å²) in [5.41, 5.74) is -0.564. The molecule has 4 rings (SSSR count). The fourth-order valence-corrected chi connectivity index (χ4v) is 3.60. The van der Waals surface area contributed by atoms with Crippen molar-refractivity contribution >= 4 is 12.2 Å². The normalized spacial score (nSPS) is 26.5. The predicted octanol–water partition coefficient (Wildman–Crippen LogP) is 3.54. The maximum Gasteiger partial charge on any atom is 0.177 e. The summed E-state index contributed by atoms with van der Waals surface area (Å²) in [7, 11) is 0. The van der Waals surface area contributed by atoms with Crippen LogP contribution in [0, 0.1) is 28.0 Å². The van der Waals surface area contributed by atoms with Gasteiger partial charge in [-0.25, -0.2) is 17.6 Å². The highest BCUT2D eigenvalue weighted by molar-refractivity contribution is 7.71. The van der Waals surface area contributed by atoms with E-state index in [0.29, 0.717) is 11.2 Å². The minimum atomic E-state index is -1.36. The van der Waals surface area contributed by atoms with Crippen LogP contribution in [-0.2, 0) is 12.0 Å². The fraction of sp³-hybridized carbons (Fsp3) is 0.308. The highest BCUT2D eigenvalue weighted by Crippen LogP contribution is 2.66. The molecule has 0 saturated heterocycles. The SMILES string of the molecule is Fc1cc(F)c(F)c([C@]23CC2c2c[nH]c(=S)n2C3)c1F. The van der Waals surface area contributed by atoms with Crippen LogP contribution in [0.15, 0.2) is 12.3 Å². The van der Waals surface area contributed by atoms with Crippen molar-refractivity contribution in [3.05, 3.63) is 51.6 Å². The summed E-state index contributed by atoms with van der Waals surface area (Å²) in [6.45, 7) is 0.242. The molecule has 2 atom stereocenters. The molecule has 0 radical (unpaired) electrons. The van der Waals surface area contributed by atoms with Crippen LogP contribution in [0.2, 0.25) is 0 Å². The van der Waals surface area contributed by atoms with Crippen LogP contribution in [-0.4, -0.2) is 9.55 Å². The van der Waals surface area contributed by atoms with Crippen molar-refractivity contribution in [2.75, 3.05) is 0 Å². The molecule has 104 valence electrons. The zero-order chi connectivity index (χ0) is 14.2. The molecule has 0 spiro atoms. The lowest BCUT2D eigenvalue weighted by Gasteiger charge is -2.16. The topological polar surface area (TPSA) is 20.7 Å². The predicted molar refractivity (Wildman–Crippen MR) is 64.9 cm³/mol. The summed E-state index contributed by atoms with van der Waals surface area (Å²) in [6.07, 6.45) is 2.16. The van der Waals surface area contributed by atoms with Crippen LogP contribution in [0.5, 0.6) is 0 Å². The molecular weight excluding hydrogens is 292 g/mol. The van der Waals surface area contributed by atoms with E-state index in [9.17, 15) is 17.6 Å². The van der Waals surface area contributed by atoms with E-state index in [-0.39, 0.29) is 18.5 Å². The number of hydrogen-bond donors (Lipinski definition) is 1. The van der Waals surface area contributed by atoms with E-state index >= 15 is 0 Å². The van der Waals surface area contributed by atoms with Crippen molar-refractivity contribution in [3.63, 3.8) is 0 Å². The van der Waals surface area contributed by atoms with E-state index < -0.39 is 34.2 Å².